The van der Waals surface area contributed by atoms with Gasteiger partial charge < -0.3 is 19.6 Å². The Labute approximate surface area is 153 Å². The zero-order valence-electron chi connectivity index (χ0n) is 15.4. The number of carbonyl (C=O) groups is 1. The minimum atomic E-state index is -0.228. The standard InChI is InChI=1S/C19H25N3O4/c1-12-16(11-22-8-4-5-13(10-22)18(20)23)21-19(26-12)15-9-14(24-2)6-7-17(15)25-3/h6-7,9,13H,4-5,8,10-11H2,1-3H3,(H2,20,23)/t13-/m0/s1. The Hall–Kier alpha value is -2.54. The summed E-state index contributed by atoms with van der Waals surface area (Å²) >= 11 is 0. The second kappa shape index (κ2) is 7.78. The van der Waals surface area contributed by atoms with E-state index in [2.05, 4.69) is 9.88 Å². The minimum Gasteiger partial charge on any atom is -0.497 e. The van der Waals surface area contributed by atoms with E-state index in [1.54, 1.807) is 14.2 Å². The molecule has 2 heterocycles. The molecule has 1 aromatic carbocycles. The van der Waals surface area contributed by atoms with Crippen LogP contribution in [-0.2, 0) is 11.3 Å². The quantitative estimate of drug-likeness (QED) is 0.851. The monoisotopic (exact) mass is 359 g/mol. The molecule has 0 spiro atoms. The predicted octanol–water partition coefficient (Wildman–Crippen LogP) is 2.36. The Bertz CT molecular complexity index is 787. The number of aryl methyl sites for hydroxylation is 1. The fourth-order valence-electron chi connectivity index (χ4n) is 3.31. The normalized spacial score (nSPS) is 17.9. The maximum atomic E-state index is 11.5. The predicted molar refractivity (Wildman–Crippen MR) is 97.0 cm³/mol. The van der Waals surface area contributed by atoms with Crippen molar-refractivity contribution in [3.05, 3.63) is 29.7 Å². The largest absolute Gasteiger partial charge is 0.497 e. The number of oxazole rings is 1. The molecular formula is C19H25N3O4. The SMILES string of the molecule is COc1ccc(OC)c(-c2nc(CN3CCC[C@H](C(N)=O)C3)c(C)o2)c1. The molecule has 26 heavy (non-hydrogen) atoms. The average Bonchev–Trinajstić information content (AvgIpc) is 3.01. The first-order chi connectivity index (χ1) is 12.5. The zero-order chi connectivity index (χ0) is 18.7. The molecule has 0 aliphatic carbocycles. The van der Waals surface area contributed by atoms with Crippen LogP contribution in [0.5, 0.6) is 11.5 Å². The third-order valence-electron chi connectivity index (χ3n) is 4.81. The first kappa shape index (κ1) is 18.3. The van der Waals surface area contributed by atoms with Crippen LogP contribution in [0.25, 0.3) is 11.5 Å². The van der Waals surface area contributed by atoms with Crippen LogP contribution in [0.1, 0.15) is 24.3 Å². The summed E-state index contributed by atoms with van der Waals surface area (Å²) < 4.78 is 16.6. The van der Waals surface area contributed by atoms with E-state index in [1.807, 2.05) is 25.1 Å². The van der Waals surface area contributed by atoms with Crippen LogP contribution in [0.2, 0.25) is 0 Å². The van der Waals surface area contributed by atoms with Crippen LogP contribution in [0, 0.1) is 12.8 Å². The number of ether oxygens (including phenoxy) is 2. The summed E-state index contributed by atoms with van der Waals surface area (Å²) in [6.45, 7) is 4.12. The van der Waals surface area contributed by atoms with Gasteiger partial charge in [-0.2, -0.15) is 0 Å². The van der Waals surface area contributed by atoms with Crippen LogP contribution in [0.4, 0.5) is 0 Å². The van der Waals surface area contributed by atoms with Gasteiger partial charge in [-0.05, 0) is 44.5 Å². The third-order valence-corrected chi connectivity index (χ3v) is 4.81. The van der Waals surface area contributed by atoms with Gasteiger partial charge in [0, 0.05) is 13.1 Å². The number of hydrogen-bond donors (Lipinski definition) is 1. The number of hydrogen-bond acceptors (Lipinski definition) is 6. The van der Waals surface area contributed by atoms with Crippen molar-refractivity contribution in [2.24, 2.45) is 11.7 Å². The molecule has 0 unspecified atom stereocenters. The molecular weight excluding hydrogens is 334 g/mol. The van der Waals surface area contributed by atoms with Gasteiger partial charge in [-0.3, -0.25) is 9.69 Å². The Morgan fingerprint density at radius 2 is 2.19 bits per heavy atom. The molecule has 3 rings (SSSR count). The zero-order valence-corrected chi connectivity index (χ0v) is 15.4. The molecule has 1 aliphatic rings. The van der Waals surface area contributed by atoms with Gasteiger partial charge in [0.1, 0.15) is 17.3 Å². The van der Waals surface area contributed by atoms with Crippen LogP contribution in [0.15, 0.2) is 22.6 Å². The number of nitrogens with zero attached hydrogens (tertiary/aromatic N) is 2. The lowest BCUT2D eigenvalue weighted by Gasteiger charge is -2.30. The summed E-state index contributed by atoms with van der Waals surface area (Å²) in [6, 6.07) is 5.50. The number of rotatable bonds is 6. The highest BCUT2D eigenvalue weighted by Gasteiger charge is 2.25. The van der Waals surface area contributed by atoms with Crippen molar-refractivity contribution >= 4 is 5.91 Å². The molecule has 2 aromatic rings. The van der Waals surface area contributed by atoms with Gasteiger partial charge >= 0.3 is 0 Å². The molecule has 1 aliphatic heterocycles. The van der Waals surface area contributed by atoms with Crippen molar-refractivity contribution in [1.29, 1.82) is 0 Å². The average molecular weight is 359 g/mol. The van der Waals surface area contributed by atoms with E-state index in [0.29, 0.717) is 30.5 Å². The highest BCUT2D eigenvalue weighted by atomic mass is 16.5. The summed E-state index contributed by atoms with van der Waals surface area (Å²) in [7, 11) is 3.23. The molecule has 1 atom stereocenters. The van der Waals surface area contributed by atoms with Crippen molar-refractivity contribution in [3.63, 3.8) is 0 Å². The number of likely N-dealkylation sites (tertiary alicyclic amines) is 1. The molecule has 140 valence electrons. The molecule has 0 radical (unpaired) electrons. The smallest absolute Gasteiger partial charge is 0.230 e. The van der Waals surface area contributed by atoms with E-state index in [1.165, 1.54) is 0 Å². The van der Waals surface area contributed by atoms with E-state index in [9.17, 15) is 4.79 Å². The number of aromatic nitrogens is 1. The Kier molecular flexibility index (Phi) is 5.46. The molecule has 0 bridgehead atoms. The number of piperidine rings is 1. The van der Waals surface area contributed by atoms with Gasteiger partial charge in [0.15, 0.2) is 0 Å². The van der Waals surface area contributed by atoms with Crippen molar-refractivity contribution in [3.8, 4) is 23.0 Å². The van der Waals surface area contributed by atoms with Gasteiger partial charge in [-0.1, -0.05) is 0 Å². The maximum absolute atomic E-state index is 11.5. The second-order valence-corrected chi connectivity index (χ2v) is 6.56. The first-order valence-electron chi connectivity index (χ1n) is 8.72. The minimum absolute atomic E-state index is 0.0890. The lowest BCUT2D eigenvalue weighted by Crippen LogP contribution is -2.40. The van der Waals surface area contributed by atoms with Crippen molar-refractivity contribution in [1.82, 2.24) is 9.88 Å². The van der Waals surface area contributed by atoms with Gasteiger partial charge in [-0.25, -0.2) is 4.98 Å². The number of amides is 1. The van der Waals surface area contributed by atoms with E-state index >= 15 is 0 Å². The Balaban J connectivity index is 1.82. The van der Waals surface area contributed by atoms with Gasteiger partial charge in [0.2, 0.25) is 11.8 Å². The van der Waals surface area contributed by atoms with Gasteiger partial charge in [0.05, 0.1) is 31.4 Å². The van der Waals surface area contributed by atoms with E-state index in [-0.39, 0.29) is 11.8 Å². The number of nitrogens with two attached hydrogens (primary N) is 1. The van der Waals surface area contributed by atoms with Crippen LogP contribution in [0.3, 0.4) is 0 Å². The van der Waals surface area contributed by atoms with Crippen molar-refractivity contribution in [2.75, 3.05) is 27.3 Å². The Morgan fingerprint density at radius 3 is 2.88 bits per heavy atom. The summed E-state index contributed by atoms with van der Waals surface area (Å²) in [6.07, 6.45) is 1.82. The highest BCUT2D eigenvalue weighted by Crippen LogP contribution is 2.34. The lowest BCUT2D eigenvalue weighted by molar-refractivity contribution is -0.123. The van der Waals surface area contributed by atoms with E-state index < -0.39 is 0 Å². The highest BCUT2D eigenvalue weighted by molar-refractivity contribution is 5.76. The number of benzene rings is 1. The fourth-order valence-corrected chi connectivity index (χ4v) is 3.31. The topological polar surface area (TPSA) is 90.8 Å². The third kappa shape index (κ3) is 3.83. The lowest BCUT2D eigenvalue weighted by atomic mass is 9.97. The summed E-state index contributed by atoms with van der Waals surface area (Å²) in [5.74, 6) is 2.31. The molecule has 7 heteroatoms. The Morgan fingerprint density at radius 1 is 1.38 bits per heavy atom. The van der Waals surface area contributed by atoms with Crippen LogP contribution >= 0.6 is 0 Å². The fraction of sp³-hybridized carbons (Fsp3) is 0.474. The molecule has 1 saturated heterocycles. The number of carbonyl (C=O) groups excluding carboxylic acids is 1. The number of methoxy groups -OCH3 is 2. The maximum Gasteiger partial charge on any atom is 0.230 e. The molecule has 7 nitrogen and oxygen atoms in total. The summed E-state index contributed by atoms with van der Waals surface area (Å²) in [4.78, 5) is 18.3. The van der Waals surface area contributed by atoms with E-state index in [0.717, 1.165) is 36.4 Å². The second-order valence-electron chi connectivity index (χ2n) is 6.56. The van der Waals surface area contributed by atoms with Crippen LogP contribution < -0.4 is 15.2 Å². The van der Waals surface area contributed by atoms with E-state index in [4.69, 9.17) is 19.6 Å². The number of primary amides is 1. The van der Waals surface area contributed by atoms with Gasteiger partial charge in [-0.15, -0.1) is 0 Å². The van der Waals surface area contributed by atoms with Gasteiger partial charge in [0.25, 0.3) is 0 Å². The molecule has 1 fully saturated rings. The molecule has 2 N–H and O–H groups in total. The first-order valence-corrected chi connectivity index (χ1v) is 8.72. The molecule has 0 saturated carbocycles. The van der Waals surface area contributed by atoms with Crippen molar-refractivity contribution < 1.29 is 18.7 Å². The molecule has 1 aromatic heterocycles. The summed E-state index contributed by atoms with van der Waals surface area (Å²) in [5, 5.41) is 0. The van der Waals surface area contributed by atoms with Crippen molar-refractivity contribution in [2.45, 2.75) is 26.3 Å². The van der Waals surface area contributed by atoms with Crippen LogP contribution in [-0.4, -0.2) is 43.1 Å². The summed E-state index contributed by atoms with van der Waals surface area (Å²) in [5.41, 5.74) is 7.07. The molecule has 1 amide bonds.